The normalized spacial score (nSPS) is 28.4. The zero-order valence-electron chi connectivity index (χ0n) is 16.0. The summed E-state index contributed by atoms with van der Waals surface area (Å²) < 4.78 is 5.40. The number of hydrogen-bond donors (Lipinski definition) is 2. The number of fused-ring (bicyclic) bond motifs is 2. The van der Waals surface area contributed by atoms with Gasteiger partial charge in [-0.1, -0.05) is 0 Å². The molecule has 3 aliphatic heterocycles. The standard InChI is InChI=1S/C17H28N4O6/c1-17(2,3)26-16(24)19-9-5-4-6-13(19)27-18-14(22)12-8-7-11-10-20(12)15(23)21(11)25/h11-13,25H,4-10H2,1-3H3,(H,18,22)/t11-,12+,13?/m1/s1. The molecule has 3 aliphatic rings. The van der Waals surface area contributed by atoms with E-state index in [2.05, 4.69) is 5.48 Å². The van der Waals surface area contributed by atoms with Gasteiger partial charge < -0.3 is 9.64 Å². The van der Waals surface area contributed by atoms with Crippen molar-refractivity contribution in [3.63, 3.8) is 0 Å². The number of hydrogen-bond acceptors (Lipinski definition) is 6. The minimum atomic E-state index is -0.690. The molecule has 1 unspecified atom stereocenters. The van der Waals surface area contributed by atoms with Gasteiger partial charge in [0.25, 0.3) is 5.91 Å². The molecule has 3 atom stereocenters. The lowest BCUT2D eigenvalue weighted by Crippen LogP contribution is -2.53. The third-order valence-electron chi connectivity index (χ3n) is 5.02. The second-order valence-corrected chi connectivity index (χ2v) is 8.23. The fourth-order valence-corrected chi connectivity index (χ4v) is 3.67. The molecule has 0 radical (unpaired) electrons. The lowest BCUT2D eigenvalue weighted by atomic mass is 10.0. The summed E-state index contributed by atoms with van der Waals surface area (Å²) >= 11 is 0. The molecule has 0 aromatic carbocycles. The van der Waals surface area contributed by atoms with Gasteiger partial charge in [0.2, 0.25) is 0 Å². The van der Waals surface area contributed by atoms with Gasteiger partial charge in [0.15, 0.2) is 6.23 Å². The Labute approximate surface area is 158 Å². The van der Waals surface area contributed by atoms with Crippen LogP contribution in [0.15, 0.2) is 0 Å². The van der Waals surface area contributed by atoms with Crippen LogP contribution in [0, 0.1) is 0 Å². The molecular weight excluding hydrogens is 356 g/mol. The molecule has 2 N–H and O–H groups in total. The predicted octanol–water partition coefficient (Wildman–Crippen LogP) is 1.44. The molecular formula is C17H28N4O6. The summed E-state index contributed by atoms with van der Waals surface area (Å²) in [6.45, 7) is 6.19. The third-order valence-corrected chi connectivity index (χ3v) is 5.02. The Balaban J connectivity index is 1.57. The molecule has 10 nitrogen and oxygen atoms in total. The lowest BCUT2D eigenvalue weighted by molar-refractivity contribution is -0.159. The zero-order valence-corrected chi connectivity index (χ0v) is 16.0. The number of carbonyl (C=O) groups excluding carboxylic acids is 3. The number of urea groups is 1. The minimum absolute atomic E-state index is 0.261. The number of likely N-dealkylation sites (tertiary alicyclic amines) is 1. The Bertz CT molecular complexity index is 607. The third kappa shape index (κ3) is 4.27. The van der Waals surface area contributed by atoms with Crippen molar-refractivity contribution in [2.24, 2.45) is 0 Å². The zero-order chi connectivity index (χ0) is 19.8. The van der Waals surface area contributed by atoms with Crippen LogP contribution in [0.25, 0.3) is 0 Å². The number of amides is 4. The van der Waals surface area contributed by atoms with Gasteiger partial charge in [-0.3, -0.25) is 14.9 Å². The van der Waals surface area contributed by atoms with E-state index in [0.717, 1.165) is 12.8 Å². The number of nitrogens with one attached hydrogen (secondary N) is 1. The highest BCUT2D eigenvalue weighted by Gasteiger charge is 2.47. The van der Waals surface area contributed by atoms with Crippen molar-refractivity contribution < 1.29 is 29.2 Å². The van der Waals surface area contributed by atoms with E-state index in [1.54, 1.807) is 20.8 Å². The molecule has 10 heteroatoms. The Morgan fingerprint density at radius 2 is 1.93 bits per heavy atom. The van der Waals surface area contributed by atoms with Crippen molar-refractivity contribution in [2.45, 2.75) is 76.8 Å². The lowest BCUT2D eigenvalue weighted by Gasteiger charge is -2.36. The Hall–Kier alpha value is -2.07. The SMILES string of the molecule is CC(C)(C)OC(=O)N1CCCCC1ONC(=O)[C@@H]1CC[C@@H]2CN1C(=O)N2O. The largest absolute Gasteiger partial charge is 0.444 e. The second-order valence-electron chi connectivity index (χ2n) is 8.23. The van der Waals surface area contributed by atoms with Gasteiger partial charge in [-0.2, -0.15) is 0 Å². The first-order valence-corrected chi connectivity index (χ1v) is 9.41. The highest BCUT2D eigenvalue weighted by molar-refractivity contribution is 5.87. The molecule has 3 rings (SSSR count). The number of carbonyl (C=O) groups is 3. The molecule has 3 fully saturated rings. The molecule has 0 saturated carbocycles. The van der Waals surface area contributed by atoms with E-state index in [1.807, 2.05) is 0 Å². The van der Waals surface area contributed by atoms with E-state index in [-0.39, 0.29) is 6.04 Å². The van der Waals surface area contributed by atoms with Gasteiger partial charge in [-0.25, -0.2) is 25.0 Å². The first-order chi connectivity index (χ1) is 12.7. The van der Waals surface area contributed by atoms with E-state index in [9.17, 15) is 19.6 Å². The fourth-order valence-electron chi connectivity index (χ4n) is 3.67. The second kappa shape index (κ2) is 7.51. The van der Waals surface area contributed by atoms with Crippen molar-refractivity contribution in [3.8, 4) is 0 Å². The number of piperidine rings is 2. The first kappa shape index (κ1) is 19.7. The van der Waals surface area contributed by atoms with Gasteiger partial charge in [0.05, 0.1) is 6.04 Å². The molecule has 2 bridgehead atoms. The van der Waals surface area contributed by atoms with Crippen molar-refractivity contribution in [1.82, 2.24) is 20.3 Å². The Kier molecular flexibility index (Phi) is 5.48. The summed E-state index contributed by atoms with van der Waals surface area (Å²) in [6, 6.07) is -1.52. The summed E-state index contributed by atoms with van der Waals surface area (Å²) in [5.41, 5.74) is 1.79. The van der Waals surface area contributed by atoms with Gasteiger partial charge in [-0.15, -0.1) is 0 Å². The van der Waals surface area contributed by atoms with Crippen LogP contribution in [0.2, 0.25) is 0 Å². The molecule has 3 heterocycles. The highest BCUT2D eigenvalue weighted by atomic mass is 16.7. The molecule has 4 amide bonds. The molecule has 0 spiro atoms. The molecule has 3 saturated heterocycles. The first-order valence-electron chi connectivity index (χ1n) is 9.41. The Morgan fingerprint density at radius 1 is 1.19 bits per heavy atom. The van der Waals surface area contributed by atoms with Crippen LogP contribution in [0.3, 0.4) is 0 Å². The number of nitrogens with zero attached hydrogens (tertiary/aromatic N) is 3. The summed E-state index contributed by atoms with van der Waals surface area (Å²) in [5.74, 6) is -0.452. The average Bonchev–Trinajstić information content (AvgIpc) is 2.83. The number of ether oxygens (including phenoxy) is 1. The van der Waals surface area contributed by atoms with Crippen LogP contribution in [0.1, 0.15) is 52.9 Å². The topological polar surface area (TPSA) is 112 Å². The van der Waals surface area contributed by atoms with Gasteiger partial charge in [0.1, 0.15) is 11.6 Å². The highest BCUT2D eigenvalue weighted by Crippen LogP contribution is 2.28. The minimum Gasteiger partial charge on any atom is -0.444 e. The maximum Gasteiger partial charge on any atom is 0.412 e. The smallest absolute Gasteiger partial charge is 0.412 e. The van der Waals surface area contributed by atoms with Crippen LogP contribution in [0.5, 0.6) is 0 Å². The van der Waals surface area contributed by atoms with E-state index in [1.165, 1.54) is 9.80 Å². The molecule has 0 aromatic heterocycles. The van der Waals surface area contributed by atoms with E-state index < -0.39 is 35.9 Å². The summed E-state index contributed by atoms with van der Waals surface area (Å²) in [5, 5.41) is 10.4. The molecule has 0 aliphatic carbocycles. The average molecular weight is 384 g/mol. The monoisotopic (exact) mass is 384 g/mol. The van der Waals surface area contributed by atoms with Crippen LogP contribution in [-0.4, -0.2) is 75.1 Å². The molecule has 27 heavy (non-hydrogen) atoms. The van der Waals surface area contributed by atoms with Crippen molar-refractivity contribution >= 4 is 18.0 Å². The molecule has 152 valence electrons. The quantitative estimate of drug-likeness (QED) is 0.563. The van der Waals surface area contributed by atoms with Crippen molar-refractivity contribution in [2.75, 3.05) is 13.1 Å². The van der Waals surface area contributed by atoms with Gasteiger partial charge in [-0.05, 0) is 52.9 Å². The van der Waals surface area contributed by atoms with E-state index in [0.29, 0.717) is 37.4 Å². The Morgan fingerprint density at radius 3 is 2.63 bits per heavy atom. The van der Waals surface area contributed by atoms with Crippen LogP contribution < -0.4 is 5.48 Å². The predicted molar refractivity (Wildman–Crippen MR) is 92.3 cm³/mol. The van der Waals surface area contributed by atoms with Crippen molar-refractivity contribution in [3.05, 3.63) is 0 Å². The number of hydroxylamine groups is 3. The van der Waals surface area contributed by atoms with E-state index in [4.69, 9.17) is 9.57 Å². The maximum absolute atomic E-state index is 12.5. The fraction of sp³-hybridized carbons (Fsp3) is 0.824. The van der Waals surface area contributed by atoms with Crippen molar-refractivity contribution in [1.29, 1.82) is 0 Å². The van der Waals surface area contributed by atoms with Crippen LogP contribution >= 0.6 is 0 Å². The summed E-state index contributed by atoms with van der Waals surface area (Å²) in [6.07, 6.45) is 2.19. The number of rotatable bonds is 3. The van der Waals surface area contributed by atoms with E-state index >= 15 is 0 Å². The summed E-state index contributed by atoms with van der Waals surface area (Å²) in [7, 11) is 0. The molecule has 0 aromatic rings. The summed E-state index contributed by atoms with van der Waals surface area (Å²) in [4.78, 5) is 45.2. The van der Waals surface area contributed by atoms with Crippen LogP contribution in [0.4, 0.5) is 9.59 Å². The van der Waals surface area contributed by atoms with Gasteiger partial charge in [0, 0.05) is 13.1 Å². The van der Waals surface area contributed by atoms with Crippen LogP contribution in [-0.2, 0) is 14.4 Å². The maximum atomic E-state index is 12.5. The van der Waals surface area contributed by atoms with Gasteiger partial charge >= 0.3 is 12.1 Å².